The maximum atomic E-state index is 11.6. The third kappa shape index (κ3) is 4.50. The molecule has 1 unspecified atom stereocenters. The van der Waals surface area contributed by atoms with Gasteiger partial charge in [-0.25, -0.2) is 4.79 Å². The number of hydrogen-bond donors (Lipinski definition) is 1. The summed E-state index contributed by atoms with van der Waals surface area (Å²) in [5.41, 5.74) is 3.47. The molecule has 4 heteroatoms. The standard InChI is InChI=1S/C22H24O3S/c1-22(2,3)18-10-9-16(19-12-17(23)13-21(24)25-19)11-20(18)26-14-15-7-5-4-6-8-15/h4-11,13,19,23H,12,14H2,1-3H3. The lowest BCUT2D eigenvalue weighted by molar-refractivity contribution is -0.145. The summed E-state index contributed by atoms with van der Waals surface area (Å²) in [6, 6.07) is 16.6. The normalized spacial score (nSPS) is 17.6. The molecule has 0 bridgehead atoms. The van der Waals surface area contributed by atoms with Crippen LogP contribution in [0.15, 0.2) is 65.3 Å². The minimum absolute atomic E-state index is 0.0167. The van der Waals surface area contributed by atoms with Crippen molar-refractivity contribution in [1.82, 2.24) is 0 Å². The van der Waals surface area contributed by atoms with E-state index in [-0.39, 0.29) is 11.2 Å². The number of benzene rings is 2. The number of aliphatic hydroxyl groups excluding tert-OH is 1. The summed E-state index contributed by atoms with van der Waals surface area (Å²) in [6.45, 7) is 6.59. The second kappa shape index (κ2) is 7.58. The minimum Gasteiger partial charge on any atom is -0.512 e. The summed E-state index contributed by atoms with van der Waals surface area (Å²) in [5.74, 6) is 0.463. The SMILES string of the molecule is CC(C)(C)c1ccc(C2CC(O)=CC(=O)O2)cc1SCc1ccccc1. The van der Waals surface area contributed by atoms with Crippen molar-refractivity contribution < 1.29 is 14.6 Å². The molecule has 0 aromatic heterocycles. The molecule has 136 valence electrons. The summed E-state index contributed by atoms with van der Waals surface area (Å²) in [7, 11) is 0. The summed E-state index contributed by atoms with van der Waals surface area (Å²) in [4.78, 5) is 12.8. The van der Waals surface area contributed by atoms with Crippen molar-refractivity contribution >= 4 is 17.7 Å². The van der Waals surface area contributed by atoms with Crippen LogP contribution in [0.25, 0.3) is 0 Å². The van der Waals surface area contributed by atoms with Crippen LogP contribution in [0.2, 0.25) is 0 Å². The van der Waals surface area contributed by atoms with Gasteiger partial charge in [-0.05, 0) is 28.2 Å². The van der Waals surface area contributed by atoms with Crippen molar-refractivity contribution in [2.24, 2.45) is 0 Å². The van der Waals surface area contributed by atoms with Crippen molar-refractivity contribution in [3.8, 4) is 0 Å². The molecule has 0 spiro atoms. The molecule has 3 rings (SSSR count). The number of thioether (sulfide) groups is 1. The summed E-state index contributed by atoms with van der Waals surface area (Å²) < 4.78 is 5.40. The van der Waals surface area contributed by atoms with Gasteiger partial charge in [0.25, 0.3) is 0 Å². The van der Waals surface area contributed by atoms with Gasteiger partial charge in [-0.15, -0.1) is 11.8 Å². The molecule has 26 heavy (non-hydrogen) atoms. The Hall–Kier alpha value is -2.20. The maximum absolute atomic E-state index is 11.6. The topological polar surface area (TPSA) is 46.5 Å². The van der Waals surface area contributed by atoms with Crippen LogP contribution in [0.3, 0.4) is 0 Å². The van der Waals surface area contributed by atoms with Crippen molar-refractivity contribution in [2.45, 2.75) is 49.4 Å². The van der Waals surface area contributed by atoms with E-state index in [4.69, 9.17) is 4.74 Å². The van der Waals surface area contributed by atoms with Gasteiger partial charge in [0.1, 0.15) is 11.9 Å². The van der Waals surface area contributed by atoms with E-state index < -0.39 is 12.1 Å². The average molecular weight is 368 g/mol. The predicted octanol–water partition coefficient (Wildman–Crippen LogP) is 5.71. The molecule has 0 amide bonds. The molecular weight excluding hydrogens is 344 g/mol. The Morgan fingerprint density at radius 2 is 1.88 bits per heavy atom. The predicted molar refractivity (Wildman–Crippen MR) is 105 cm³/mol. The van der Waals surface area contributed by atoms with Gasteiger partial charge in [0.2, 0.25) is 0 Å². The Balaban J connectivity index is 1.89. The highest BCUT2D eigenvalue weighted by molar-refractivity contribution is 7.98. The van der Waals surface area contributed by atoms with Gasteiger partial charge >= 0.3 is 5.97 Å². The lowest BCUT2D eigenvalue weighted by Crippen LogP contribution is -2.17. The van der Waals surface area contributed by atoms with Crippen molar-refractivity contribution in [2.75, 3.05) is 0 Å². The van der Waals surface area contributed by atoms with E-state index in [1.165, 1.54) is 16.0 Å². The van der Waals surface area contributed by atoms with Crippen LogP contribution in [0.1, 0.15) is 50.0 Å². The molecule has 0 radical (unpaired) electrons. The van der Waals surface area contributed by atoms with Crippen LogP contribution < -0.4 is 0 Å². The number of ether oxygens (including phenoxy) is 1. The first-order chi connectivity index (χ1) is 12.3. The Morgan fingerprint density at radius 3 is 2.54 bits per heavy atom. The van der Waals surface area contributed by atoms with E-state index in [0.717, 1.165) is 17.4 Å². The number of carbonyl (C=O) groups excluding carboxylic acids is 1. The number of cyclic esters (lactones) is 1. The molecule has 0 fully saturated rings. The van der Waals surface area contributed by atoms with E-state index in [1.807, 2.05) is 24.3 Å². The van der Waals surface area contributed by atoms with Crippen LogP contribution in [-0.4, -0.2) is 11.1 Å². The summed E-state index contributed by atoms with van der Waals surface area (Å²) >= 11 is 1.79. The first-order valence-electron chi connectivity index (χ1n) is 8.74. The molecule has 1 atom stereocenters. The van der Waals surface area contributed by atoms with Crippen LogP contribution in [0.5, 0.6) is 0 Å². The van der Waals surface area contributed by atoms with E-state index in [9.17, 15) is 9.90 Å². The molecule has 1 heterocycles. The van der Waals surface area contributed by atoms with Crippen LogP contribution in [0, 0.1) is 0 Å². The van der Waals surface area contributed by atoms with E-state index in [1.54, 1.807) is 11.8 Å². The molecule has 1 aliphatic heterocycles. The number of rotatable bonds is 4. The number of carbonyl (C=O) groups is 1. The Morgan fingerprint density at radius 1 is 1.15 bits per heavy atom. The van der Waals surface area contributed by atoms with Crippen LogP contribution in [0.4, 0.5) is 0 Å². The van der Waals surface area contributed by atoms with Gasteiger partial charge in [-0.2, -0.15) is 0 Å². The number of esters is 1. The van der Waals surface area contributed by atoms with Gasteiger partial charge in [0.15, 0.2) is 0 Å². The van der Waals surface area contributed by atoms with Gasteiger partial charge in [0.05, 0.1) is 6.08 Å². The molecule has 3 nitrogen and oxygen atoms in total. The molecule has 2 aromatic carbocycles. The molecule has 0 saturated heterocycles. The van der Waals surface area contributed by atoms with Crippen LogP contribution in [-0.2, 0) is 20.7 Å². The fourth-order valence-electron chi connectivity index (χ4n) is 3.00. The zero-order valence-corrected chi connectivity index (χ0v) is 16.2. The lowest BCUT2D eigenvalue weighted by atomic mass is 9.86. The summed E-state index contributed by atoms with van der Waals surface area (Å²) in [6.07, 6.45) is 1.03. The van der Waals surface area contributed by atoms with Gasteiger partial charge in [-0.3, -0.25) is 0 Å². The molecule has 0 saturated carbocycles. The Bertz CT molecular complexity index is 819. The van der Waals surface area contributed by atoms with Crippen molar-refractivity contribution in [3.63, 3.8) is 0 Å². The fraction of sp³-hybridized carbons (Fsp3) is 0.318. The second-order valence-corrected chi connectivity index (χ2v) is 8.56. The van der Waals surface area contributed by atoms with Gasteiger partial charge in [-0.1, -0.05) is 63.2 Å². The van der Waals surface area contributed by atoms with E-state index >= 15 is 0 Å². The Kier molecular flexibility index (Phi) is 5.42. The zero-order valence-electron chi connectivity index (χ0n) is 15.4. The Labute approximate surface area is 159 Å². The van der Waals surface area contributed by atoms with Gasteiger partial charge in [0, 0.05) is 17.1 Å². The van der Waals surface area contributed by atoms with Gasteiger partial charge < -0.3 is 9.84 Å². The van der Waals surface area contributed by atoms with Crippen molar-refractivity contribution in [1.29, 1.82) is 0 Å². The fourth-order valence-corrected chi connectivity index (χ4v) is 4.26. The van der Waals surface area contributed by atoms with Crippen molar-refractivity contribution in [3.05, 3.63) is 77.1 Å². The molecule has 0 aliphatic carbocycles. The largest absolute Gasteiger partial charge is 0.512 e. The number of aliphatic hydroxyl groups is 1. The number of hydrogen-bond acceptors (Lipinski definition) is 4. The molecule has 1 N–H and O–H groups in total. The molecular formula is C22H24O3S. The lowest BCUT2D eigenvalue weighted by Gasteiger charge is -2.26. The first kappa shape index (κ1) is 18.6. The van der Waals surface area contributed by atoms with Crippen LogP contribution >= 0.6 is 11.8 Å². The smallest absolute Gasteiger partial charge is 0.334 e. The highest BCUT2D eigenvalue weighted by Crippen LogP contribution is 2.38. The van der Waals surface area contributed by atoms with E-state index in [2.05, 4.69) is 45.0 Å². The average Bonchev–Trinajstić information content (AvgIpc) is 2.59. The van der Waals surface area contributed by atoms with E-state index in [0.29, 0.717) is 6.42 Å². The quantitative estimate of drug-likeness (QED) is 0.555. The zero-order chi connectivity index (χ0) is 18.7. The third-order valence-electron chi connectivity index (χ3n) is 4.36. The monoisotopic (exact) mass is 368 g/mol. The molecule has 2 aromatic rings. The second-order valence-electron chi connectivity index (χ2n) is 7.55. The highest BCUT2D eigenvalue weighted by Gasteiger charge is 2.25. The minimum atomic E-state index is -0.489. The highest BCUT2D eigenvalue weighted by atomic mass is 32.2. The summed E-state index contributed by atoms with van der Waals surface area (Å²) in [5, 5.41) is 9.77. The third-order valence-corrected chi connectivity index (χ3v) is 5.49. The maximum Gasteiger partial charge on any atom is 0.334 e. The first-order valence-corrected chi connectivity index (χ1v) is 9.73. The molecule has 1 aliphatic rings.